The van der Waals surface area contributed by atoms with E-state index in [1.54, 1.807) is 12.3 Å². The van der Waals surface area contributed by atoms with Crippen LogP contribution in [0.3, 0.4) is 0 Å². The van der Waals surface area contributed by atoms with Gasteiger partial charge >= 0.3 is 6.18 Å². The van der Waals surface area contributed by atoms with Crippen LogP contribution in [0.1, 0.15) is 24.0 Å². The van der Waals surface area contributed by atoms with Gasteiger partial charge in [-0.25, -0.2) is 0 Å². The number of hydrogen-bond acceptors (Lipinski definition) is 5. The summed E-state index contributed by atoms with van der Waals surface area (Å²) >= 11 is 0. The first-order valence-electron chi connectivity index (χ1n) is 9.05. The molecule has 8 heteroatoms. The van der Waals surface area contributed by atoms with Crippen LogP contribution in [0.5, 0.6) is 0 Å². The van der Waals surface area contributed by atoms with E-state index >= 15 is 0 Å². The molecule has 148 valence electrons. The molecule has 0 amide bonds. The summed E-state index contributed by atoms with van der Waals surface area (Å²) in [5.74, 6) is -1.80. The van der Waals surface area contributed by atoms with Gasteiger partial charge in [-0.15, -0.1) is 0 Å². The molecule has 0 radical (unpaired) electrons. The molecule has 0 fully saturated rings. The first kappa shape index (κ1) is 20.5. The molecular formula is C21H18F3N5. The molecule has 1 aliphatic carbocycles. The molecule has 2 aliphatic rings. The van der Waals surface area contributed by atoms with Crippen molar-refractivity contribution in [1.29, 1.82) is 15.8 Å². The van der Waals surface area contributed by atoms with Crippen LogP contribution in [0.2, 0.25) is 0 Å². The maximum Gasteiger partial charge on any atom is 0.416 e. The van der Waals surface area contributed by atoms with Crippen LogP contribution < -0.4 is 5.73 Å². The Balaban J connectivity index is 2.37. The second kappa shape index (κ2) is 7.28. The molecule has 0 aromatic heterocycles. The lowest BCUT2D eigenvalue weighted by atomic mass is 9.55. The van der Waals surface area contributed by atoms with Gasteiger partial charge in [-0.05, 0) is 36.4 Å². The second-order valence-electron chi connectivity index (χ2n) is 7.12. The minimum Gasteiger partial charge on any atom is -0.377 e. The number of alkyl halides is 3. The largest absolute Gasteiger partial charge is 0.416 e. The summed E-state index contributed by atoms with van der Waals surface area (Å²) in [6, 6.07) is 9.42. The zero-order chi connectivity index (χ0) is 21.4. The van der Waals surface area contributed by atoms with E-state index in [4.69, 9.17) is 5.73 Å². The number of nitriles is 3. The van der Waals surface area contributed by atoms with E-state index in [9.17, 15) is 29.0 Å². The van der Waals surface area contributed by atoms with Crippen LogP contribution in [0.15, 0.2) is 47.7 Å². The fourth-order valence-electron chi connectivity index (χ4n) is 4.37. The Morgan fingerprint density at radius 1 is 1.21 bits per heavy atom. The summed E-state index contributed by atoms with van der Waals surface area (Å²) in [5.41, 5.74) is 3.71. The molecule has 1 aromatic carbocycles. The molecule has 3 rings (SSSR count). The quantitative estimate of drug-likeness (QED) is 0.824. The monoisotopic (exact) mass is 397 g/mol. The smallest absolute Gasteiger partial charge is 0.377 e. The van der Waals surface area contributed by atoms with Crippen LogP contribution in [-0.4, -0.2) is 24.0 Å². The SMILES string of the molecule is CCN1C=CC2=C(C#N)[C@H](N)C(C#N)(C#N)[C@@H](c3ccccc3C(F)(F)F)[C@@H]2C1. The van der Waals surface area contributed by atoms with Gasteiger partial charge in [0.15, 0.2) is 5.41 Å². The van der Waals surface area contributed by atoms with Gasteiger partial charge in [0.2, 0.25) is 0 Å². The Labute approximate surface area is 166 Å². The van der Waals surface area contributed by atoms with Crippen LogP contribution in [0, 0.1) is 45.3 Å². The van der Waals surface area contributed by atoms with Gasteiger partial charge in [-0.2, -0.15) is 29.0 Å². The van der Waals surface area contributed by atoms with Crippen molar-refractivity contribution in [3.63, 3.8) is 0 Å². The third kappa shape index (κ3) is 3.05. The lowest BCUT2D eigenvalue weighted by Crippen LogP contribution is -2.54. The lowest BCUT2D eigenvalue weighted by Gasteiger charge is -2.47. The molecule has 0 bridgehead atoms. The zero-order valence-electron chi connectivity index (χ0n) is 15.6. The van der Waals surface area contributed by atoms with E-state index in [2.05, 4.69) is 0 Å². The second-order valence-corrected chi connectivity index (χ2v) is 7.12. The van der Waals surface area contributed by atoms with Gasteiger partial charge in [0, 0.05) is 24.9 Å². The zero-order valence-corrected chi connectivity index (χ0v) is 15.6. The highest BCUT2D eigenvalue weighted by Gasteiger charge is 2.57. The molecule has 29 heavy (non-hydrogen) atoms. The third-order valence-electron chi connectivity index (χ3n) is 5.80. The lowest BCUT2D eigenvalue weighted by molar-refractivity contribution is -0.138. The predicted octanol–water partition coefficient (Wildman–Crippen LogP) is 3.45. The molecule has 0 spiro atoms. The van der Waals surface area contributed by atoms with E-state index in [1.807, 2.05) is 30.0 Å². The van der Waals surface area contributed by atoms with Crippen molar-refractivity contribution >= 4 is 0 Å². The highest BCUT2D eigenvalue weighted by Crippen LogP contribution is 2.54. The number of nitrogens with two attached hydrogens (primary N) is 1. The van der Waals surface area contributed by atoms with E-state index in [0.29, 0.717) is 12.1 Å². The maximum absolute atomic E-state index is 13.8. The Bertz CT molecular complexity index is 989. The Hall–Kier alpha value is -3.28. The van der Waals surface area contributed by atoms with Crippen molar-refractivity contribution in [3.05, 3.63) is 58.8 Å². The van der Waals surface area contributed by atoms with Crippen molar-refractivity contribution in [2.75, 3.05) is 13.1 Å². The molecule has 0 saturated carbocycles. The minimum absolute atomic E-state index is 0.0749. The number of nitrogens with zero attached hydrogens (tertiary/aromatic N) is 4. The van der Waals surface area contributed by atoms with Gasteiger partial charge < -0.3 is 10.6 Å². The van der Waals surface area contributed by atoms with E-state index in [1.165, 1.54) is 18.2 Å². The third-order valence-corrected chi connectivity index (χ3v) is 5.80. The molecule has 1 heterocycles. The standard InChI is InChI=1S/C21H18F3N5/c1-2-29-8-7-13-15(9-25)19(28)20(11-26,12-27)18(16(13)10-29)14-5-3-4-6-17(14)21(22,23)24/h3-8,16,18-19H,2,10,28H2,1H3/t16-,18+,19+/m1/s1. The topological polar surface area (TPSA) is 101 Å². The summed E-state index contributed by atoms with van der Waals surface area (Å²) in [7, 11) is 0. The summed E-state index contributed by atoms with van der Waals surface area (Å²) in [5, 5.41) is 29.6. The highest BCUT2D eigenvalue weighted by atomic mass is 19.4. The molecule has 2 N–H and O–H groups in total. The summed E-state index contributed by atoms with van der Waals surface area (Å²) in [6.45, 7) is 2.76. The van der Waals surface area contributed by atoms with Gasteiger partial charge in [-0.1, -0.05) is 18.2 Å². The summed E-state index contributed by atoms with van der Waals surface area (Å²) in [6.07, 6.45) is -1.24. The van der Waals surface area contributed by atoms with Gasteiger partial charge in [0.1, 0.15) is 0 Å². The van der Waals surface area contributed by atoms with Gasteiger partial charge in [0.25, 0.3) is 0 Å². The van der Waals surface area contributed by atoms with E-state index in [-0.39, 0.29) is 17.7 Å². The van der Waals surface area contributed by atoms with Crippen LogP contribution in [0.25, 0.3) is 0 Å². The van der Waals surface area contributed by atoms with Crippen LogP contribution >= 0.6 is 0 Å². The summed E-state index contributed by atoms with van der Waals surface area (Å²) < 4.78 is 41.4. The number of rotatable bonds is 2. The molecule has 3 atom stereocenters. The summed E-state index contributed by atoms with van der Waals surface area (Å²) in [4.78, 5) is 1.88. The average Bonchev–Trinajstić information content (AvgIpc) is 2.72. The van der Waals surface area contributed by atoms with Crippen molar-refractivity contribution in [1.82, 2.24) is 4.90 Å². The number of hydrogen-bond donors (Lipinski definition) is 1. The number of benzene rings is 1. The fraction of sp³-hybridized carbons (Fsp3) is 0.381. The Morgan fingerprint density at radius 3 is 2.41 bits per heavy atom. The fourth-order valence-corrected chi connectivity index (χ4v) is 4.37. The number of halogens is 3. The van der Waals surface area contributed by atoms with Crippen molar-refractivity contribution in [3.8, 4) is 18.2 Å². The molecule has 0 unspecified atom stereocenters. The molecule has 1 aliphatic heterocycles. The van der Waals surface area contributed by atoms with Gasteiger partial charge in [0.05, 0.1) is 35.4 Å². The number of allylic oxidation sites excluding steroid dienone is 1. The van der Waals surface area contributed by atoms with Crippen molar-refractivity contribution in [2.45, 2.75) is 25.1 Å². The van der Waals surface area contributed by atoms with E-state index in [0.717, 1.165) is 6.07 Å². The highest BCUT2D eigenvalue weighted by molar-refractivity contribution is 5.54. The number of fused-ring (bicyclic) bond motifs is 1. The van der Waals surface area contributed by atoms with E-state index < -0.39 is 35.0 Å². The predicted molar refractivity (Wildman–Crippen MR) is 98.3 cm³/mol. The minimum atomic E-state index is -4.66. The Morgan fingerprint density at radius 2 is 1.86 bits per heavy atom. The normalized spacial score (nSPS) is 25.6. The molecule has 0 saturated heterocycles. The van der Waals surface area contributed by atoms with Gasteiger partial charge in [-0.3, -0.25) is 0 Å². The maximum atomic E-state index is 13.8. The molecular weight excluding hydrogens is 379 g/mol. The van der Waals surface area contributed by atoms with Crippen molar-refractivity contribution in [2.24, 2.45) is 17.1 Å². The molecule has 1 aromatic rings. The molecule has 5 nitrogen and oxygen atoms in total. The van der Waals surface area contributed by atoms with Crippen LogP contribution in [0.4, 0.5) is 13.2 Å². The average molecular weight is 397 g/mol. The Kier molecular flexibility index (Phi) is 5.13. The first-order valence-corrected chi connectivity index (χ1v) is 9.05. The van der Waals surface area contributed by atoms with Crippen molar-refractivity contribution < 1.29 is 13.2 Å². The van der Waals surface area contributed by atoms with Crippen LogP contribution in [-0.2, 0) is 6.18 Å². The first-order chi connectivity index (χ1) is 13.7.